The highest BCUT2D eigenvalue weighted by Crippen LogP contribution is 2.25. The van der Waals surface area contributed by atoms with E-state index in [-0.39, 0.29) is 18.4 Å². The van der Waals surface area contributed by atoms with Crippen molar-refractivity contribution in [3.8, 4) is 0 Å². The van der Waals surface area contributed by atoms with Gasteiger partial charge in [-0.25, -0.2) is 9.67 Å². The first-order valence-electron chi connectivity index (χ1n) is 6.43. The number of para-hydroxylation sites is 1. The lowest BCUT2D eigenvalue weighted by atomic mass is 10.3. The summed E-state index contributed by atoms with van der Waals surface area (Å²) < 4.78 is 2.35. The molecular formula is C13H12N6O2S. The van der Waals surface area contributed by atoms with Gasteiger partial charge in [0.1, 0.15) is 6.54 Å². The lowest BCUT2D eigenvalue weighted by Gasteiger charge is -2.00. The van der Waals surface area contributed by atoms with E-state index in [1.54, 1.807) is 0 Å². The van der Waals surface area contributed by atoms with Crippen LogP contribution in [0.5, 0.6) is 0 Å². The molecule has 2 N–H and O–H groups in total. The maximum absolute atomic E-state index is 12.0. The van der Waals surface area contributed by atoms with Crippen LogP contribution in [0.3, 0.4) is 0 Å². The molecular weight excluding hydrogens is 304 g/mol. The van der Waals surface area contributed by atoms with Crippen molar-refractivity contribution in [2.24, 2.45) is 0 Å². The largest absolute Gasteiger partial charge is 0.308 e. The number of benzene rings is 1. The van der Waals surface area contributed by atoms with Crippen molar-refractivity contribution in [1.82, 2.24) is 20.0 Å². The summed E-state index contributed by atoms with van der Waals surface area (Å²) >= 11 is 1.40. The minimum atomic E-state index is -0.265. The zero-order chi connectivity index (χ0) is 15.5. The van der Waals surface area contributed by atoms with Crippen molar-refractivity contribution in [3.63, 3.8) is 0 Å². The summed E-state index contributed by atoms with van der Waals surface area (Å²) in [4.78, 5) is 27.2. The number of rotatable bonds is 4. The summed E-state index contributed by atoms with van der Waals surface area (Å²) in [5.74, 6) is -0.204. The highest BCUT2D eigenvalue weighted by Gasteiger charge is 2.10. The molecule has 1 aromatic carbocycles. The van der Waals surface area contributed by atoms with E-state index >= 15 is 0 Å². The first-order chi connectivity index (χ1) is 10.6. The molecule has 0 aliphatic heterocycles. The van der Waals surface area contributed by atoms with Gasteiger partial charge in [-0.15, -0.1) is 5.10 Å². The number of hydrogen-bond donors (Lipinski definition) is 2. The molecule has 0 saturated carbocycles. The normalized spacial score (nSPS) is 10.6. The van der Waals surface area contributed by atoms with E-state index in [9.17, 15) is 9.59 Å². The van der Waals surface area contributed by atoms with Gasteiger partial charge in [-0.3, -0.25) is 9.59 Å². The van der Waals surface area contributed by atoms with Crippen molar-refractivity contribution in [3.05, 3.63) is 30.5 Å². The van der Waals surface area contributed by atoms with Crippen molar-refractivity contribution < 1.29 is 9.59 Å². The fraction of sp³-hybridized carbons (Fsp3) is 0.154. The molecule has 0 radical (unpaired) electrons. The lowest BCUT2D eigenvalue weighted by molar-refractivity contribution is -0.117. The van der Waals surface area contributed by atoms with Crippen LogP contribution in [-0.2, 0) is 16.1 Å². The number of amides is 2. The Hall–Kier alpha value is -2.81. The van der Waals surface area contributed by atoms with Crippen molar-refractivity contribution in [2.75, 3.05) is 10.6 Å². The first kappa shape index (κ1) is 14.1. The maximum Gasteiger partial charge on any atom is 0.247 e. The molecule has 0 aliphatic carbocycles. The fourth-order valence-electron chi connectivity index (χ4n) is 1.84. The van der Waals surface area contributed by atoms with E-state index in [1.165, 1.54) is 29.1 Å². The molecule has 0 atom stereocenters. The Labute approximate surface area is 129 Å². The Morgan fingerprint density at radius 1 is 1.27 bits per heavy atom. The third-order valence-electron chi connectivity index (χ3n) is 2.69. The van der Waals surface area contributed by atoms with E-state index in [4.69, 9.17) is 0 Å². The van der Waals surface area contributed by atoms with E-state index in [0.717, 1.165) is 10.2 Å². The zero-order valence-electron chi connectivity index (χ0n) is 11.6. The molecule has 3 aromatic rings. The topological polar surface area (TPSA) is 102 Å². The summed E-state index contributed by atoms with van der Waals surface area (Å²) in [6.45, 7) is 1.36. The molecule has 8 nitrogen and oxygen atoms in total. The Morgan fingerprint density at radius 3 is 2.86 bits per heavy atom. The predicted octanol–water partition coefficient (Wildman–Crippen LogP) is 1.48. The van der Waals surface area contributed by atoms with Crippen LogP contribution in [0.1, 0.15) is 6.92 Å². The summed E-state index contributed by atoms with van der Waals surface area (Å²) in [6.07, 6.45) is 1.49. The van der Waals surface area contributed by atoms with E-state index in [1.807, 2.05) is 24.3 Å². The van der Waals surface area contributed by atoms with Gasteiger partial charge < -0.3 is 10.6 Å². The monoisotopic (exact) mass is 316 g/mol. The molecule has 2 heterocycles. The quantitative estimate of drug-likeness (QED) is 0.759. The number of nitrogens with one attached hydrogen (secondary N) is 2. The van der Waals surface area contributed by atoms with E-state index in [2.05, 4.69) is 25.9 Å². The number of aromatic nitrogens is 4. The summed E-state index contributed by atoms with van der Waals surface area (Å²) in [5, 5.41) is 13.3. The average Bonchev–Trinajstić information content (AvgIpc) is 3.03. The molecule has 0 fully saturated rings. The third kappa shape index (κ3) is 3.26. The smallest absolute Gasteiger partial charge is 0.247 e. The van der Waals surface area contributed by atoms with Crippen molar-refractivity contribution >= 4 is 44.3 Å². The van der Waals surface area contributed by atoms with Gasteiger partial charge in [0.05, 0.1) is 16.4 Å². The molecule has 22 heavy (non-hydrogen) atoms. The second-order valence-corrected chi connectivity index (χ2v) is 5.55. The molecule has 2 amide bonds. The third-order valence-corrected chi connectivity index (χ3v) is 3.64. The fourth-order valence-corrected chi connectivity index (χ4v) is 2.73. The summed E-state index contributed by atoms with van der Waals surface area (Å²) in [6, 6.07) is 7.65. The number of hydrogen-bond acceptors (Lipinski definition) is 6. The van der Waals surface area contributed by atoms with Gasteiger partial charge in [-0.05, 0) is 12.1 Å². The molecule has 9 heteroatoms. The zero-order valence-corrected chi connectivity index (χ0v) is 12.4. The second-order valence-electron chi connectivity index (χ2n) is 4.52. The van der Waals surface area contributed by atoms with Crippen LogP contribution in [0.15, 0.2) is 30.5 Å². The van der Waals surface area contributed by atoms with Gasteiger partial charge in [0, 0.05) is 6.92 Å². The summed E-state index contributed by atoms with van der Waals surface area (Å²) in [7, 11) is 0. The highest BCUT2D eigenvalue weighted by atomic mass is 32.1. The average molecular weight is 316 g/mol. The number of carbonyl (C=O) groups excluding carboxylic acids is 2. The maximum atomic E-state index is 12.0. The van der Waals surface area contributed by atoms with E-state index < -0.39 is 0 Å². The first-order valence-corrected chi connectivity index (χ1v) is 7.25. The Bertz CT molecular complexity index is 807. The van der Waals surface area contributed by atoms with Gasteiger partial charge >= 0.3 is 0 Å². The molecule has 0 unspecified atom stereocenters. The minimum Gasteiger partial charge on any atom is -0.308 e. The van der Waals surface area contributed by atoms with Crippen LogP contribution in [0.25, 0.3) is 10.2 Å². The van der Waals surface area contributed by atoms with Gasteiger partial charge in [-0.2, -0.15) is 0 Å². The molecule has 3 rings (SSSR count). The molecule has 2 aromatic heterocycles. The van der Waals surface area contributed by atoms with Gasteiger partial charge in [0.25, 0.3) is 0 Å². The predicted molar refractivity (Wildman–Crippen MR) is 82.6 cm³/mol. The van der Waals surface area contributed by atoms with Crippen LogP contribution in [0.2, 0.25) is 0 Å². The Kier molecular flexibility index (Phi) is 3.79. The van der Waals surface area contributed by atoms with Gasteiger partial charge in [0.15, 0.2) is 10.9 Å². The second kappa shape index (κ2) is 5.90. The van der Waals surface area contributed by atoms with Gasteiger partial charge in [0.2, 0.25) is 11.8 Å². The van der Waals surface area contributed by atoms with Crippen LogP contribution in [0, 0.1) is 0 Å². The molecule has 0 bridgehead atoms. The van der Waals surface area contributed by atoms with Gasteiger partial charge in [-0.1, -0.05) is 28.7 Å². The van der Waals surface area contributed by atoms with Crippen molar-refractivity contribution in [1.29, 1.82) is 0 Å². The number of anilines is 2. The van der Waals surface area contributed by atoms with Crippen LogP contribution >= 0.6 is 11.3 Å². The summed E-state index contributed by atoms with van der Waals surface area (Å²) in [5.41, 5.74) is 0.844. The molecule has 0 aliphatic rings. The number of carbonyl (C=O) groups is 2. The Morgan fingerprint density at radius 2 is 2.09 bits per heavy atom. The number of fused-ring (bicyclic) bond motifs is 1. The highest BCUT2D eigenvalue weighted by molar-refractivity contribution is 7.22. The SMILES string of the molecule is CC(=O)Nc1cn(CC(=O)Nc2nc3ccccc3s2)nn1. The van der Waals surface area contributed by atoms with Crippen LogP contribution in [0.4, 0.5) is 10.9 Å². The standard InChI is InChI=1S/C13H12N6O2S/c1-8(20)14-11-6-19(18-17-11)7-12(21)16-13-15-9-4-2-3-5-10(9)22-13/h2-6H,7H2,1H3,(H,14,20)(H,15,16,21). The number of thiazole rings is 1. The Balaban J connectivity index is 1.64. The van der Waals surface area contributed by atoms with Crippen LogP contribution < -0.4 is 10.6 Å². The molecule has 112 valence electrons. The molecule has 0 saturated heterocycles. The van der Waals surface area contributed by atoms with Crippen LogP contribution in [-0.4, -0.2) is 31.8 Å². The molecule has 0 spiro atoms. The lowest BCUT2D eigenvalue weighted by Crippen LogP contribution is -2.19. The van der Waals surface area contributed by atoms with Crippen molar-refractivity contribution in [2.45, 2.75) is 13.5 Å². The number of nitrogens with zero attached hydrogens (tertiary/aromatic N) is 4. The minimum absolute atomic E-state index is 0.0114. The van der Waals surface area contributed by atoms with E-state index in [0.29, 0.717) is 10.9 Å².